The van der Waals surface area contributed by atoms with Crippen molar-refractivity contribution in [2.75, 3.05) is 40.3 Å². The van der Waals surface area contributed by atoms with Crippen molar-refractivity contribution in [3.8, 4) is 0 Å². The summed E-state index contributed by atoms with van der Waals surface area (Å²) < 4.78 is 33.4. The van der Waals surface area contributed by atoms with Crippen LogP contribution in [0.5, 0.6) is 0 Å². The standard InChI is InChI=1S/C19H21N3O4S/c1-20(2)19(23)21-9-11-22(12-10-21)27(24,25)14-7-8-18-16(13-14)15-5-3-4-6-17(15)26-18/h3-8,13H,9-12H2,1-2H3. The summed E-state index contributed by atoms with van der Waals surface area (Å²) in [5.74, 6) is 0. The number of hydrogen-bond donors (Lipinski definition) is 0. The Bertz CT molecular complexity index is 1110. The number of piperazine rings is 1. The number of benzene rings is 2. The Hall–Kier alpha value is -2.58. The largest absolute Gasteiger partial charge is 0.456 e. The highest BCUT2D eigenvalue weighted by molar-refractivity contribution is 7.89. The van der Waals surface area contributed by atoms with Gasteiger partial charge in [0.05, 0.1) is 4.90 Å². The van der Waals surface area contributed by atoms with E-state index in [4.69, 9.17) is 4.42 Å². The molecule has 0 radical (unpaired) electrons. The van der Waals surface area contributed by atoms with E-state index >= 15 is 0 Å². The normalized spacial score (nSPS) is 16.1. The number of furan rings is 1. The third-order valence-corrected chi connectivity index (χ3v) is 6.77. The molecular weight excluding hydrogens is 366 g/mol. The summed E-state index contributed by atoms with van der Waals surface area (Å²) in [5.41, 5.74) is 1.40. The van der Waals surface area contributed by atoms with Crippen LogP contribution in [0.15, 0.2) is 51.8 Å². The van der Waals surface area contributed by atoms with E-state index < -0.39 is 10.0 Å². The van der Waals surface area contributed by atoms with Gasteiger partial charge in [0, 0.05) is 51.0 Å². The van der Waals surface area contributed by atoms with E-state index in [1.807, 2.05) is 24.3 Å². The van der Waals surface area contributed by atoms with Crippen LogP contribution in [-0.4, -0.2) is 68.8 Å². The Kier molecular flexibility index (Phi) is 4.32. The third kappa shape index (κ3) is 3.04. The number of urea groups is 1. The summed E-state index contributed by atoms with van der Waals surface area (Å²) in [6.45, 7) is 1.33. The molecule has 2 amide bonds. The van der Waals surface area contributed by atoms with Gasteiger partial charge in [0.25, 0.3) is 0 Å². The van der Waals surface area contributed by atoms with Gasteiger partial charge in [0.2, 0.25) is 10.0 Å². The van der Waals surface area contributed by atoms with Crippen molar-refractivity contribution in [1.29, 1.82) is 0 Å². The zero-order chi connectivity index (χ0) is 19.2. The second kappa shape index (κ2) is 6.54. The van der Waals surface area contributed by atoms with Crippen LogP contribution >= 0.6 is 0 Å². The van der Waals surface area contributed by atoms with Crippen molar-refractivity contribution in [1.82, 2.24) is 14.1 Å². The lowest BCUT2D eigenvalue weighted by Crippen LogP contribution is -2.52. The topological polar surface area (TPSA) is 74.1 Å². The van der Waals surface area contributed by atoms with Gasteiger partial charge in [0.1, 0.15) is 11.2 Å². The fourth-order valence-electron chi connectivity index (χ4n) is 3.42. The van der Waals surface area contributed by atoms with Crippen molar-refractivity contribution < 1.29 is 17.6 Å². The minimum absolute atomic E-state index is 0.0988. The van der Waals surface area contributed by atoms with E-state index in [2.05, 4.69) is 0 Å². The van der Waals surface area contributed by atoms with Crippen LogP contribution in [0.4, 0.5) is 4.79 Å². The molecule has 1 fully saturated rings. The van der Waals surface area contributed by atoms with E-state index in [0.717, 1.165) is 16.4 Å². The summed E-state index contributed by atoms with van der Waals surface area (Å²) in [6, 6.07) is 12.4. The molecule has 1 aliphatic heterocycles. The molecule has 1 aliphatic rings. The van der Waals surface area contributed by atoms with Crippen molar-refractivity contribution in [2.45, 2.75) is 4.90 Å². The molecule has 8 heteroatoms. The molecule has 0 bridgehead atoms. The predicted octanol–water partition coefficient (Wildman–Crippen LogP) is 2.57. The van der Waals surface area contributed by atoms with Gasteiger partial charge in [-0.3, -0.25) is 0 Å². The number of carbonyl (C=O) groups is 1. The number of amides is 2. The molecule has 1 saturated heterocycles. The lowest BCUT2D eigenvalue weighted by Gasteiger charge is -2.35. The SMILES string of the molecule is CN(C)C(=O)N1CCN(S(=O)(=O)c2ccc3oc4ccccc4c3c2)CC1. The highest BCUT2D eigenvalue weighted by Crippen LogP contribution is 2.31. The average molecular weight is 387 g/mol. The fourth-order valence-corrected chi connectivity index (χ4v) is 4.87. The molecule has 3 aromatic rings. The Labute approximate surface area is 157 Å². The monoisotopic (exact) mass is 387 g/mol. The van der Waals surface area contributed by atoms with E-state index in [0.29, 0.717) is 18.7 Å². The number of hydrogen-bond acceptors (Lipinski definition) is 4. The Balaban J connectivity index is 1.62. The van der Waals surface area contributed by atoms with Crippen LogP contribution < -0.4 is 0 Å². The minimum atomic E-state index is -3.63. The highest BCUT2D eigenvalue weighted by atomic mass is 32.2. The van der Waals surface area contributed by atoms with Crippen LogP contribution in [0.3, 0.4) is 0 Å². The first-order valence-electron chi connectivity index (χ1n) is 8.75. The first-order chi connectivity index (χ1) is 12.9. The fraction of sp³-hybridized carbons (Fsp3) is 0.316. The third-order valence-electron chi connectivity index (χ3n) is 4.88. The van der Waals surface area contributed by atoms with Gasteiger partial charge in [-0.15, -0.1) is 0 Å². The molecule has 0 aliphatic carbocycles. The molecule has 0 atom stereocenters. The van der Waals surface area contributed by atoms with Crippen LogP contribution in [0.25, 0.3) is 21.9 Å². The molecule has 2 heterocycles. The van der Waals surface area contributed by atoms with Crippen LogP contribution in [0.1, 0.15) is 0 Å². The van der Waals surface area contributed by atoms with E-state index in [1.165, 1.54) is 9.21 Å². The van der Waals surface area contributed by atoms with Gasteiger partial charge in [0.15, 0.2) is 0 Å². The van der Waals surface area contributed by atoms with Gasteiger partial charge >= 0.3 is 6.03 Å². The Morgan fingerprint density at radius 3 is 2.33 bits per heavy atom. The Morgan fingerprint density at radius 1 is 0.963 bits per heavy atom. The van der Waals surface area contributed by atoms with Gasteiger partial charge in [-0.1, -0.05) is 18.2 Å². The summed E-state index contributed by atoms with van der Waals surface area (Å²) >= 11 is 0. The molecule has 4 rings (SSSR count). The number of carbonyl (C=O) groups excluding carboxylic acids is 1. The summed E-state index contributed by atoms with van der Waals surface area (Å²) in [6.07, 6.45) is 0. The van der Waals surface area contributed by atoms with Crippen molar-refractivity contribution in [3.63, 3.8) is 0 Å². The predicted molar refractivity (Wildman–Crippen MR) is 103 cm³/mol. The first-order valence-corrected chi connectivity index (χ1v) is 10.2. The van der Waals surface area contributed by atoms with E-state index in [-0.39, 0.29) is 24.0 Å². The zero-order valence-corrected chi connectivity index (χ0v) is 16.1. The maximum Gasteiger partial charge on any atom is 0.319 e. The molecule has 1 aromatic heterocycles. The maximum absolute atomic E-state index is 13.1. The molecule has 2 aromatic carbocycles. The second-order valence-electron chi connectivity index (χ2n) is 6.82. The summed E-state index contributed by atoms with van der Waals surface area (Å²) in [5, 5.41) is 1.68. The maximum atomic E-state index is 13.1. The quantitative estimate of drug-likeness (QED) is 0.677. The van der Waals surface area contributed by atoms with Crippen molar-refractivity contribution in [3.05, 3.63) is 42.5 Å². The second-order valence-corrected chi connectivity index (χ2v) is 8.76. The molecule has 27 heavy (non-hydrogen) atoms. The van der Waals surface area contributed by atoms with Crippen molar-refractivity contribution >= 4 is 38.0 Å². The number of nitrogens with zero attached hydrogens (tertiary/aromatic N) is 3. The van der Waals surface area contributed by atoms with E-state index in [9.17, 15) is 13.2 Å². The average Bonchev–Trinajstić information content (AvgIpc) is 3.05. The summed E-state index contributed by atoms with van der Waals surface area (Å²) in [7, 11) is -0.249. The lowest BCUT2D eigenvalue weighted by molar-refractivity contribution is 0.149. The van der Waals surface area contributed by atoms with Gasteiger partial charge in [-0.25, -0.2) is 13.2 Å². The van der Waals surface area contributed by atoms with Crippen LogP contribution in [0, 0.1) is 0 Å². The first kappa shape index (κ1) is 17.8. The van der Waals surface area contributed by atoms with Crippen LogP contribution in [0.2, 0.25) is 0 Å². The molecule has 0 unspecified atom stereocenters. The van der Waals surface area contributed by atoms with Gasteiger partial charge in [-0.2, -0.15) is 4.31 Å². The molecule has 142 valence electrons. The number of fused-ring (bicyclic) bond motifs is 3. The summed E-state index contributed by atoms with van der Waals surface area (Å²) in [4.78, 5) is 15.5. The molecular formula is C19H21N3O4S. The highest BCUT2D eigenvalue weighted by Gasteiger charge is 2.31. The smallest absolute Gasteiger partial charge is 0.319 e. The number of para-hydroxylation sites is 1. The molecule has 7 nitrogen and oxygen atoms in total. The van der Waals surface area contributed by atoms with Gasteiger partial charge < -0.3 is 14.2 Å². The minimum Gasteiger partial charge on any atom is -0.456 e. The van der Waals surface area contributed by atoms with Gasteiger partial charge in [-0.05, 0) is 24.3 Å². The molecule has 0 spiro atoms. The number of rotatable bonds is 2. The zero-order valence-electron chi connectivity index (χ0n) is 15.3. The number of sulfonamides is 1. The van der Waals surface area contributed by atoms with E-state index in [1.54, 1.807) is 37.2 Å². The van der Waals surface area contributed by atoms with Crippen LogP contribution in [-0.2, 0) is 10.0 Å². The molecule has 0 saturated carbocycles. The Morgan fingerprint density at radius 2 is 1.63 bits per heavy atom. The van der Waals surface area contributed by atoms with Crippen molar-refractivity contribution in [2.24, 2.45) is 0 Å². The molecule has 0 N–H and O–H groups in total. The lowest BCUT2D eigenvalue weighted by atomic mass is 10.1.